The van der Waals surface area contributed by atoms with Crippen LogP contribution in [0.2, 0.25) is 0 Å². The molecule has 10 heteroatoms. The molecule has 32 heavy (non-hydrogen) atoms. The van der Waals surface area contributed by atoms with Crippen LogP contribution in [0.5, 0.6) is 5.75 Å². The number of guanidine groups is 1. The van der Waals surface area contributed by atoms with Gasteiger partial charge in [0.1, 0.15) is 24.7 Å². The molecule has 9 nitrogen and oxygen atoms in total. The lowest BCUT2D eigenvalue weighted by atomic mass is 10.2. The number of ether oxygens (including phenoxy) is 2. The fourth-order valence-electron chi connectivity index (χ4n) is 3.22. The molecular formula is C22H36IN7O2. The van der Waals surface area contributed by atoms with E-state index in [1.54, 1.807) is 0 Å². The number of benzene rings is 1. The molecule has 0 spiro atoms. The first kappa shape index (κ1) is 26.3. The lowest BCUT2D eigenvalue weighted by molar-refractivity contribution is 0.0376. The second-order valence-electron chi connectivity index (χ2n) is 7.71. The molecule has 0 radical (unpaired) electrons. The summed E-state index contributed by atoms with van der Waals surface area (Å²) in [5, 5.41) is 15.1. The van der Waals surface area contributed by atoms with Crippen molar-refractivity contribution in [2.75, 3.05) is 52.5 Å². The van der Waals surface area contributed by atoms with E-state index in [1.165, 1.54) is 5.56 Å². The second kappa shape index (κ2) is 14.3. The largest absolute Gasteiger partial charge is 0.492 e. The van der Waals surface area contributed by atoms with E-state index in [2.05, 4.69) is 44.8 Å². The van der Waals surface area contributed by atoms with Crippen LogP contribution in [-0.2, 0) is 18.3 Å². The van der Waals surface area contributed by atoms with Crippen molar-refractivity contribution in [3.05, 3.63) is 41.5 Å². The van der Waals surface area contributed by atoms with Crippen molar-refractivity contribution in [3.63, 3.8) is 0 Å². The first-order valence-electron chi connectivity index (χ1n) is 11.0. The van der Waals surface area contributed by atoms with Crippen LogP contribution in [0.15, 0.2) is 29.3 Å². The summed E-state index contributed by atoms with van der Waals surface area (Å²) in [6.45, 7) is 11.3. The molecule has 1 aromatic carbocycles. The van der Waals surface area contributed by atoms with Crippen molar-refractivity contribution >= 4 is 29.9 Å². The number of hydrogen-bond acceptors (Lipinski definition) is 6. The third-order valence-electron chi connectivity index (χ3n) is 5.29. The molecule has 0 unspecified atom stereocenters. The minimum absolute atomic E-state index is 0. The van der Waals surface area contributed by atoms with Gasteiger partial charge in [0, 0.05) is 26.7 Å². The summed E-state index contributed by atoms with van der Waals surface area (Å²) in [4.78, 5) is 7.13. The van der Waals surface area contributed by atoms with Crippen LogP contribution in [0.4, 0.5) is 0 Å². The van der Waals surface area contributed by atoms with Gasteiger partial charge in [0.15, 0.2) is 11.8 Å². The van der Waals surface area contributed by atoms with Gasteiger partial charge in [-0.3, -0.25) is 4.90 Å². The third-order valence-corrected chi connectivity index (χ3v) is 5.29. The number of aryl methyl sites for hydroxylation is 2. The zero-order valence-corrected chi connectivity index (χ0v) is 21.7. The van der Waals surface area contributed by atoms with Crippen molar-refractivity contribution in [2.45, 2.75) is 26.8 Å². The summed E-state index contributed by atoms with van der Waals surface area (Å²) in [5.74, 6) is 3.35. The van der Waals surface area contributed by atoms with Crippen molar-refractivity contribution in [1.82, 2.24) is 30.3 Å². The highest BCUT2D eigenvalue weighted by molar-refractivity contribution is 14.0. The Kier molecular flexibility index (Phi) is 11.7. The molecule has 0 saturated carbocycles. The maximum absolute atomic E-state index is 5.81. The number of aromatic nitrogens is 3. The molecule has 1 aliphatic rings. The molecule has 1 fully saturated rings. The minimum Gasteiger partial charge on any atom is -0.492 e. The lowest BCUT2D eigenvalue weighted by Crippen LogP contribution is -2.41. The van der Waals surface area contributed by atoms with E-state index < -0.39 is 0 Å². The predicted molar refractivity (Wildman–Crippen MR) is 137 cm³/mol. The molecule has 2 N–H and O–H groups in total. The molecule has 0 aliphatic carbocycles. The first-order chi connectivity index (χ1) is 15.1. The van der Waals surface area contributed by atoms with Gasteiger partial charge in [-0.1, -0.05) is 17.7 Å². The van der Waals surface area contributed by atoms with Gasteiger partial charge in [-0.05, 0) is 38.9 Å². The molecule has 1 saturated heterocycles. The van der Waals surface area contributed by atoms with Crippen LogP contribution in [0.3, 0.4) is 0 Å². The SMILES string of the molecule is Cc1ccc(OCCNC(=NCc2nnc(C)n2C)NCCCN2CCOCC2)cc1.I. The zero-order valence-electron chi connectivity index (χ0n) is 19.3. The van der Waals surface area contributed by atoms with Crippen LogP contribution < -0.4 is 15.4 Å². The Morgan fingerprint density at radius 2 is 1.81 bits per heavy atom. The molecule has 0 bridgehead atoms. The van der Waals surface area contributed by atoms with E-state index in [0.29, 0.717) is 19.7 Å². The molecule has 0 amide bonds. The molecule has 1 aliphatic heterocycles. The summed E-state index contributed by atoms with van der Waals surface area (Å²) in [6.07, 6.45) is 1.05. The second-order valence-corrected chi connectivity index (χ2v) is 7.71. The van der Waals surface area contributed by atoms with Gasteiger partial charge in [-0.15, -0.1) is 34.2 Å². The highest BCUT2D eigenvalue weighted by Crippen LogP contribution is 2.10. The van der Waals surface area contributed by atoms with Gasteiger partial charge in [0.05, 0.1) is 19.8 Å². The molecule has 2 heterocycles. The number of rotatable bonds is 10. The monoisotopic (exact) mass is 557 g/mol. The van der Waals surface area contributed by atoms with E-state index >= 15 is 0 Å². The topological polar surface area (TPSA) is 88.8 Å². The van der Waals surface area contributed by atoms with Gasteiger partial charge >= 0.3 is 0 Å². The Labute approximate surface area is 208 Å². The van der Waals surface area contributed by atoms with Gasteiger partial charge in [0.2, 0.25) is 0 Å². The van der Waals surface area contributed by atoms with E-state index in [9.17, 15) is 0 Å². The summed E-state index contributed by atoms with van der Waals surface area (Å²) < 4.78 is 13.2. The molecule has 3 rings (SSSR count). The molecule has 1 aromatic heterocycles. The van der Waals surface area contributed by atoms with E-state index in [0.717, 1.165) is 69.2 Å². The molecule has 2 aromatic rings. The number of nitrogens with zero attached hydrogens (tertiary/aromatic N) is 5. The maximum Gasteiger partial charge on any atom is 0.191 e. The Balaban J connectivity index is 0.00000363. The zero-order chi connectivity index (χ0) is 21.9. The van der Waals surface area contributed by atoms with Crippen molar-refractivity contribution in [3.8, 4) is 5.75 Å². The average Bonchev–Trinajstić information content (AvgIpc) is 3.11. The highest BCUT2D eigenvalue weighted by Gasteiger charge is 2.10. The van der Waals surface area contributed by atoms with Crippen molar-refractivity contribution in [2.24, 2.45) is 12.0 Å². The van der Waals surface area contributed by atoms with Gasteiger partial charge in [-0.2, -0.15) is 0 Å². The van der Waals surface area contributed by atoms with E-state index in [4.69, 9.17) is 14.5 Å². The fourth-order valence-corrected chi connectivity index (χ4v) is 3.22. The van der Waals surface area contributed by atoms with Gasteiger partial charge < -0.3 is 24.7 Å². The molecular weight excluding hydrogens is 521 g/mol. The Hall–Kier alpha value is -1.92. The summed E-state index contributed by atoms with van der Waals surface area (Å²) in [6, 6.07) is 8.08. The van der Waals surface area contributed by atoms with E-state index in [1.807, 2.05) is 30.7 Å². The quantitative estimate of drug-likeness (QED) is 0.200. The van der Waals surface area contributed by atoms with Crippen molar-refractivity contribution < 1.29 is 9.47 Å². The number of morpholine rings is 1. The predicted octanol–water partition coefficient (Wildman–Crippen LogP) is 1.89. The van der Waals surface area contributed by atoms with Gasteiger partial charge in [0.25, 0.3) is 0 Å². The number of aliphatic imine (C=N–C) groups is 1. The lowest BCUT2D eigenvalue weighted by Gasteiger charge is -2.26. The molecule has 178 valence electrons. The summed E-state index contributed by atoms with van der Waals surface area (Å²) in [5.41, 5.74) is 1.22. The van der Waals surface area contributed by atoms with Crippen LogP contribution in [0.1, 0.15) is 23.6 Å². The number of halogens is 1. The van der Waals surface area contributed by atoms with Crippen LogP contribution in [0, 0.1) is 13.8 Å². The fraction of sp³-hybridized carbons (Fsp3) is 0.591. The summed E-state index contributed by atoms with van der Waals surface area (Å²) >= 11 is 0. The Morgan fingerprint density at radius 1 is 1.09 bits per heavy atom. The highest BCUT2D eigenvalue weighted by atomic mass is 127. The number of hydrogen-bond donors (Lipinski definition) is 2. The molecule has 0 atom stereocenters. The Morgan fingerprint density at radius 3 is 2.50 bits per heavy atom. The standard InChI is InChI=1S/C22H35N7O2.HI/c1-18-5-7-20(8-6-18)31-14-10-24-22(25-17-21-27-26-19(2)28(21)3)23-9-4-11-29-12-15-30-16-13-29;/h5-8H,4,9-17H2,1-3H3,(H2,23,24,25);1H. The minimum atomic E-state index is 0. The Bertz CT molecular complexity index is 820. The van der Waals surface area contributed by atoms with Gasteiger partial charge in [-0.25, -0.2) is 4.99 Å². The first-order valence-corrected chi connectivity index (χ1v) is 11.0. The smallest absolute Gasteiger partial charge is 0.191 e. The maximum atomic E-state index is 5.81. The normalized spacial score (nSPS) is 14.7. The van der Waals surface area contributed by atoms with Crippen LogP contribution in [-0.4, -0.2) is 78.2 Å². The average molecular weight is 557 g/mol. The summed E-state index contributed by atoms with van der Waals surface area (Å²) in [7, 11) is 1.96. The van der Waals surface area contributed by atoms with Crippen LogP contribution >= 0.6 is 24.0 Å². The van der Waals surface area contributed by atoms with Crippen LogP contribution in [0.25, 0.3) is 0 Å². The number of nitrogens with one attached hydrogen (secondary N) is 2. The van der Waals surface area contributed by atoms with Crippen molar-refractivity contribution in [1.29, 1.82) is 0 Å². The van der Waals surface area contributed by atoms with E-state index in [-0.39, 0.29) is 24.0 Å². The third kappa shape index (κ3) is 8.91.